The molecule has 1 aliphatic rings. The summed E-state index contributed by atoms with van der Waals surface area (Å²) in [6, 6.07) is 15.7. The van der Waals surface area contributed by atoms with E-state index in [1.54, 1.807) is 29.2 Å². The Morgan fingerprint density at radius 1 is 1.03 bits per heavy atom. The predicted octanol–water partition coefficient (Wildman–Crippen LogP) is 3.76. The first-order valence-electron chi connectivity index (χ1n) is 13.0. The SMILES string of the molecule is CCC(C(=O)NC1CCCCC1)N(CCc1ccccc1)C(=O)CN(c1ccc(OC)cc1)S(C)(=O)=O. The zero-order valence-electron chi connectivity index (χ0n) is 22.1. The molecule has 0 aliphatic heterocycles. The van der Waals surface area contributed by atoms with Crippen LogP contribution in [0.15, 0.2) is 54.6 Å². The Hall–Kier alpha value is -3.07. The molecule has 0 radical (unpaired) electrons. The Morgan fingerprint density at radius 2 is 1.68 bits per heavy atom. The number of hydrogen-bond donors (Lipinski definition) is 1. The maximum atomic E-state index is 13.7. The van der Waals surface area contributed by atoms with Crippen molar-refractivity contribution in [2.24, 2.45) is 0 Å². The molecule has 0 spiro atoms. The second-order valence-corrected chi connectivity index (χ2v) is 11.5. The summed E-state index contributed by atoms with van der Waals surface area (Å²) in [6.07, 6.45) is 7.30. The smallest absolute Gasteiger partial charge is 0.244 e. The second-order valence-electron chi connectivity index (χ2n) is 9.56. The van der Waals surface area contributed by atoms with Gasteiger partial charge in [-0.25, -0.2) is 8.42 Å². The molecule has 0 bridgehead atoms. The van der Waals surface area contributed by atoms with Gasteiger partial charge in [-0.2, -0.15) is 0 Å². The monoisotopic (exact) mass is 529 g/mol. The fourth-order valence-electron chi connectivity index (χ4n) is 4.80. The minimum atomic E-state index is -3.76. The molecule has 1 saturated carbocycles. The number of amides is 2. The molecule has 9 heteroatoms. The second kappa shape index (κ2) is 13.5. The molecule has 37 heavy (non-hydrogen) atoms. The van der Waals surface area contributed by atoms with Crippen molar-refractivity contribution in [3.63, 3.8) is 0 Å². The van der Waals surface area contributed by atoms with Gasteiger partial charge in [-0.3, -0.25) is 13.9 Å². The Labute approximate surface area is 221 Å². The zero-order valence-corrected chi connectivity index (χ0v) is 22.9. The van der Waals surface area contributed by atoms with Gasteiger partial charge in [-0.1, -0.05) is 56.5 Å². The largest absolute Gasteiger partial charge is 0.497 e. The summed E-state index contributed by atoms with van der Waals surface area (Å²) in [4.78, 5) is 28.7. The summed E-state index contributed by atoms with van der Waals surface area (Å²) in [5.41, 5.74) is 1.40. The highest BCUT2D eigenvalue weighted by molar-refractivity contribution is 7.92. The van der Waals surface area contributed by atoms with Crippen molar-refractivity contribution < 1.29 is 22.7 Å². The fraction of sp³-hybridized carbons (Fsp3) is 0.500. The van der Waals surface area contributed by atoms with E-state index in [9.17, 15) is 18.0 Å². The molecule has 2 aromatic carbocycles. The van der Waals surface area contributed by atoms with Crippen LogP contribution in [0.2, 0.25) is 0 Å². The van der Waals surface area contributed by atoms with E-state index in [0.29, 0.717) is 30.8 Å². The lowest BCUT2D eigenvalue weighted by molar-refractivity contribution is -0.140. The topological polar surface area (TPSA) is 96.0 Å². The number of methoxy groups -OCH3 is 1. The highest BCUT2D eigenvalue weighted by Gasteiger charge is 2.32. The molecule has 1 aliphatic carbocycles. The summed E-state index contributed by atoms with van der Waals surface area (Å²) < 4.78 is 31.7. The fourth-order valence-corrected chi connectivity index (χ4v) is 5.65. The summed E-state index contributed by atoms with van der Waals surface area (Å²) in [6.45, 7) is 1.79. The van der Waals surface area contributed by atoms with Gasteiger partial charge in [-0.15, -0.1) is 0 Å². The molecule has 1 N–H and O–H groups in total. The van der Waals surface area contributed by atoms with Gasteiger partial charge in [0.25, 0.3) is 0 Å². The minimum Gasteiger partial charge on any atom is -0.497 e. The van der Waals surface area contributed by atoms with Crippen LogP contribution >= 0.6 is 0 Å². The maximum Gasteiger partial charge on any atom is 0.244 e. The molecule has 0 heterocycles. The molecule has 0 aromatic heterocycles. The van der Waals surface area contributed by atoms with Gasteiger partial charge in [0.2, 0.25) is 21.8 Å². The van der Waals surface area contributed by atoms with Crippen LogP contribution in [0.1, 0.15) is 51.0 Å². The van der Waals surface area contributed by atoms with Gasteiger partial charge in [-0.05, 0) is 55.5 Å². The molecule has 1 atom stereocenters. The number of anilines is 1. The first-order chi connectivity index (χ1) is 17.7. The molecule has 1 fully saturated rings. The number of carbonyl (C=O) groups is 2. The van der Waals surface area contributed by atoms with E-state index in [0.717, 1.165) is 41.8 Å². The van der Waals surface area contributed by atoms with E-state index in [2.05, 4.69) is 5.32 Å². The number of hydrogen-bond acceptors (Lipinski definition) is 5. The van der Waals surface area contributed by atoms with E-state index >= 15 is 0 Å². The molecule has 3 rings (SSSR count). The number of rotatable bonds is 12. The lowest BCUT2D eigenvalue weighted by Gasteiger charge is -2.34. The first kappa shape index (κ1) is 28.5. The highest BCUT2D eigenvalue weighted by atomic mass is 32.2. The van der Waals surface area contributed by atoms with Crippen molar-refractivity contribution in [3.05, 3.63) is 60.2 Å². The van der Waals surface area contributed by atoms with Crippen LogP contribution in [0, 0.1) is 0 Å². The van der Waals surface area contributed by atoms with Crippen LogP contribution in [0.4, 0.5) is 5.69 Å². The average Bonchev–Trinajstić information content (AvgIpc) is 2.90. The van der Waals surface area contributed by atoms with Crippen LogP contribution < -0.4 is 14.4 Å². The maximum absolute atomic E-state index is 13.7. The Kier molecular flexibility index (Phi) is 10.4. The van der Waals surface area contributed by atoms with Crippen molar-refractivity contribution in [2.45, 2.75) is 64.0 Å². The van der Waals surface area contributed by atoms with Gasteiger partial charge >= 0.3 is 0 Å². The number of sulfonamides is 1. The summed E-state index contributed by atoms with van der Waals surface area (Å²) in [7, 11) is -2.24. The standard InChI is InChI=1S/C28H39N3O5S/c1-4-26(28(33)29-23-13-9-6-10-14-23)30(20-19-22-11-7-5-8-12-22)27(32)21-31(37(3,34)35)24-15-17-25(36-2)18-16-24/h5,7-8,11-12,15-18,23,26H,4,6,9-10,13-14,19-21H2,1-3H3,(H,29,33). The quantitative estimate of drug-likeness (QED) is 0.452. The van der Waals surface area contributed by atoms with Crippen molar-refractivity contribution in [2.75, 3.05) is 30.8 Å². The normalized spacial score (nSPS) is 15.0. The number of ether oxygens (including phenoxy) is 1. The Bertz CT molecular complexity index is 1120. The zero-order chi connectivity index (χ0) is 26.8. The molecule has 1 unspecified atom stereocenters. The van der Waals surface area contributed by atoms with Gasteiger partial charge in [0, 0.05) is 12.6 Å². The van der Waals surface area contributed by atoms with Crippen molar-refractivity contribution in [1.29, 1.82) is 0 Å². The van der Waals surface area contributed by atoms with E-state index in [4.69, 9.17) is 4.74 Å². The number of carbonyl (C=O) groups excluding carboxylic acids is 2. The van der Waals surface area contributed by atoms with Crippen LogP contribution in [0.3, 0.4) is 0 Å². The summed E-state index contributed by atoms with van der Waals surface area (Å²) in [5.74, 6) is -0.00701. The number of nitrogens with zero attached hydrogens (tertiary/aromatic N) is 2. The molecule has 2 amide bonds. The average molecular weight is 530 g/mol. The van der Waals surface area contributed by atoms with E-state index in [1.165, 1.54) is 13.5 Å². The van der Waals surface area contributed by atoms with Crippen molar-refractivity contribution in [1.82, 2.24) is 10.2 Å². The third-order valence-electron chi connectivity index (χ3n) is 6.86. The third-order valence-corrected chi connectivity index (χ3v) is 8.00. The third kappa shape index (κ3) is 8.21. The van der Waals surface area contributed by atoms with Gasteiger partial charge < -0.3 is 15.0 Å². The predicted molar refractivity (Wildman–Crippen MR) is 146 cm³/mol. The van der Waals surface area contributed by atoms with Gasteiger partial charge in [0.1, 0.15) is 18.3 Å². The molecule has 202 valence electrons. The highest BCUT2D eigenvalue weighted by Crippen LogP contribution is 2.23. The van der Waals surface area contributed by atoms with E-state index < -0.39 is 28.5 Å². The number of benzene rings is 2. The Balaban J connectivity index is 1.85. The van der Waals surface area contributed by atoms with Crippen molar-refractivity contribution >= 4 is 27.5 Å². The molecule has 0 saturated heterocycles. The van der Waals surface area contributed by atoms with E-state index in [1.807, 2.05) is 37.3 Å². The van der Waals surface area contributed by atoms with E-state index in [-0.39, 0.29) is 11.9 Å². The van der Waals surface area contributed by atoms with Gasteiger partial charge in [0.05, 0.1) is 19.1 Å². The molecule has 2 aromatic rings. The summed E-state index contributed by atoms with van der Waals surface area (Å²) >= 11 is 0. The lowest BCUT2D eigenvalue weighted by Crippen LogP contribution is -2.54. The minimum absolute atomic E-state index is 0.119. The molecular formula is C28H39N3O5S. The van der Waals surface area contributed by atoms with Crippen LogP contribution in [0.25, 0.3) is 0 Å². The van der Waals surface area contributed by atoms with Crippen LogP contribution in [-0.2, 0) is 26.0 Å². The van der Waals surface area contributed by atoms with Gasteiger partial charge in [0.15, 0.2) is 0 Å². The molecule has 8 nitrogen and oxygen atoms in total. The number of nitrogens with one attached hydrogen (secondary N) is 1. The van der Waals surface area contributed by atoms with Crippen LogP contribution in [-0.4, -0.2) is 63.7 Å². The molecular weight excluding hydrogens is 490 g/mol. The lowest BCUT2D eigenvalue weighted by atomic mass is 9.95. The Morgan fingerprint density at radius 3 is 2.24 bits per heavy atom. The van der Waals surface area contributed by atoms with Crippen molar-refractivity contribution in [3.8, 4) is 5.75 Å². The van der Waals surface area contributed by atoms with Crippen LogP contribution in [0.5, 0.6) is 5.75 Å². The first-order valence-corrected chi connectivity index (χ1v) is 14.8. The summed E-state index contributed by atoms with van der Waals surface area (Å²) in [5, 5.41) is 3.15.